The number of hydrogen-bond donors (Lipinski definition) is 2. The fourth-order valence-electron chi connectivity index (χ4n) is 1.48. The first-order valence-corrected chi connectivity index (χ1v) is 6.05. The van der Waals surface area contributed by atoms with Crippen molar-refractivity contribution < 1.29 is 9.53 Å². The number of nitrogens with one attached hydrogen (secondary N) is 1. The van der Waals surface area contributed by atoms with Crippen LogP contribution in [0.15, 0.2) is 24.3 Å². The Bertz CT molecular complexity index is 416. The molecule has 1 aromatic rings. The molecule has 0 radical (unpaired) electrons. The third kappa shape index (κ3) is 3.47. The SMILES string of the molecule is COc1cccc([C@H](C)NC(=O)C(C)(C)CN)c1. The molecule has 0 saturated heterocycles. The number of amides is 1. The summed E-state index contributed by atoms with van der Waals surface area (Å²) >= 11 is 0. The molecular formula is C14H22N2O2. The first-order chi connectivity index (χ1) is 8.40. The average Bonchev–Trinajstić information content (AvgIpc) is 2.38. The van der Waals surface area contributed by atoms with Crippen LogP contribution in [0.5, 0.6) is 5.75 Å². The van der Waals surface area contributed by atoms with Crippen molar-refractivity contribution in [3.05, 3.63) is 29.8 Å². The van der Waals surface area contributed by atoms with Crippen molar-refractivity contribution in [2.24, 2.45) is 11.1 Å². The van der Waals surface area contributed by atoms with E-state index >= 15 is 0 Å². The Kier molecular flexibility index (Phi) is 4.73. The molecule has 4 nitrogen and oxygen atoms in total. The van der Waals surface area contributed by atoms with Crippen LogP contribution in [0, 0.1) is 5.41 Å². The topological polar surface area (TPSA) is 64.3 Å². The number of nitrogens with two attached hydrogens (primary N) is 1. The van der Waals surface area contributed by atoms with E-state index in [1.54, 1.807) is 7.11 Å². The lowest BCUT2D eigenvalue weighted by Gasteiger charge is -2.24. The highest BCUT2D eigenvalue weighted by molar-refractivity contribution is 5.82. The maximum absolute atomic E-state index is 12.0. The van der Waals surface area contributed by atoms with Gasteiger partial charge in [-0.1, -0.05) is 12.1 Å². The zero-order valence-corrected chi connectivity index (χ0v) is 11.5. The van der Waals surface area contributed by atoms with Gasteiger partial charge in [0.05, 0.1) is 18.6 Å². The van der Waals surface area contributed by atoms with Crippen molar-refractivity contribution in [2.75, 3.05) is 13.7 Å². The summed E-state index contributed by atoms with van der Waals surface area (Å²) in [6, 6.07) is 7.59. The first kappa shape index (κ1) is 14.5. The van der Waals surface area contributed by atoms with Crippen molar-refractivity contribution in [3.8, 4) is 5.75 Å². The molecule has 1 rings (SSSR count). The predicted octanol–water partition coefficient (Wildman–Crippen LogP) is 1.86. The number of methoxy groups -OCH3 is 1. The summed E-state index contributed by atoms with van der Waals surface area (Å²) in [6.45, 7) is 5.93. The lowest BCUT2D eigenvalue weighted by Crippen LogP contribution is -2.42. The second-order valence-electron chi connectivity index (χ2n) is 5.06. The van der Waals surface area contributed by atoms with E-state index in [-0.39, 0.29) is 11.9 Å². The van der Waals surface area contributed by atoms with Gasteiger partial charge in [-0.15, -0.1) is 0 Å². The number of ether oxygens (including phenoxy) is 1. The Labute approximate surface area is 109 Å². The largest absolute Gasteiger partial charge is 0.497 e. The molecule has 0 heterocycles. The molecule has 0 bridgehead atoms. The number of benzene rings is 1. The molecule has 18 heavy (non-hydrogen) atoms. The predicted molar refractivity (Wildman–Crippen MR) is 72.4 cm³/mol. The molecule has 0 fully saturated rings. The van der Waals surface area contributed by atoms with Crippen molar-refractivity contribution in [1.29, 1.82) is 0 Å². The van der Waals surface area contributed by atoms with Crippen LogP contribution >= 0.6 is 0 Å². The Morgan fingerprint density at radius 2 is 2.17 bits per heavy atom. The monoisotopic (exact) mass is 250 g/mol. The van der Waals surface area contributed by atoms with Gasteiger partial charge in [-0.2, -0.15) is 0 Å². The van der Waals surface area contributed by atoms with Gasteiger partial charge in [-0.05, 0) is 38.5 Å². The van der Waals surface area contributed by atoms with Crippen LogP contribution in [-0.2, 0) is 4.79 Å². The maximum Gasteiger partial charge on any atom is 0.227 e. The quantitative estimate of drug-likeness (QED) is 0.838. The smallest absolute Gasteiger partial charge is 0.227 e. The normalized spacial score (nSPS) is 12.9. The van der Waals surface area contributed by atoms with Gasteiger partial charge < -0.3 is 15.8 Å². The van der Waals surface area contributed by atoms with Crippen LogP contribution in [0.4, 0.5) is 0 Å². The molecule has 0 saturated carbocycles. The number of carbonyl (C=O) groups excluding carboxylic acids is 1. The van der Waals surface area contributed by atoms with E-state index in [1.807, 2.05) is 45.0 Å². The molecule has 1 amide bonds. The van der Waals surface area contributed by atoms with Crippen LogP contribution in [-0.4, -0.2) is 19.6 Å². The molecular weight excluding hydrogens is 228 g/mol. The molecule has 0 unspecified atom stereocenters. The highest BCUT2D eigenvalue weighted by Crippen LogP contribution is 2.21. The molecule has 0 spiro atoms. The van der Waals surface area contributed by atoms with Gasteiger partial charge >= 0.3 is 0 Å². The first-order valence-electron chi connectivity index (χ1n) is 6.05. The standard InChI is InChI=1S/C14H22N2O2/c1-10(16-13(17)14(2,3)9-15)11-6-5-7-12(8-11)18-4/h5-8,10H,9,15H2,1-4H3,(H,16,17)/t10-/m0/s1. The molecule has 100 valence electrons. The Morgan fingerprint density at radius 1 is 1.50 bits per heavy atom. The summed E-state index contributed by atoms with van der Waals surface area (Å²) in [5.74, 6) is 0.743. The summed E-state index contributed by atoms with van der Waals surface area (Å²) in [4.78, 5) is 12.0. The lowest BCUT2D eigenvalue weighted by molar-refractivity contribution is -0.129. The number of carbonyl (C=O) groups is 1. The maximum atomic E-state index is 12.0. The molecule has 0 aromatic heterocycles. The minimum atomic E-state index is -0.548. The van der Waals surface area contributed by atoms with Crippen LogP contribution in [0.3, 0.4) is 0 Å². The molecule has 3 N–H and O–H groups in total. The number of hydrogen-bond acceptors (Lipinski definition) is 3. The van der Waals surface area contributed by atoms with Gasteiger partial charge in [0.1, 0.15) is 5.75 Å². The highest BCUT2D eigenvalue weighted by Gasteiger charge is 2.26. The molecule has 1 atom stereocenters. The van der Waals surface area contributed by atoms with E-state index in [4.69, 9.17) is 10.5 Å². The number of rotatable bonds is 5. The fraction of sp³-hybridized carbons (Fsp3) is 0.500. The van der Waals surface area contributed by atoms with Gasteiger partial charge in [0.25, 0.3) is 0 Å². The summed E-state index contributed by atoms with van der Waals surface area (Å²) in [5, 5.41) is 2.96. The van der Waals surface area contributed by atoms with Crippen LogP contribution in [0.25, 0.3) is 0 Å². The van der Waals surface area contributed by atoms with E-state index in [0.29, 0.717) is 6.54 Å². The fourth-order valence-corrected chi connectivity index (χ4v) is 1.48. The zero-order chi connectivity index (χ0) is 13.8. The van der Waals surface area contributed by atoms with Crippen molar-refractivity contribution in [2.45, 2.75) is 26.8 Å². The minimum Gasteiger partial charge on any atom is -0.497 e. The van der Waals surface area contributed by atoms with E-state index < -0.39 is 5.41 Å². The van der Waals surface area contributed by atoms with Gasteiger partial charge in [-0.25, -0.2) is 0 Å². The van der Waals surface area contributed by atoms with Crippen molar-refractivity contribution >= 4 is 5.91 Å². The summed E-state index contributed by atoms with van der Waals surface area (Å²) in [5.41, 5.74) is 6.05. The zero-order valence-electron chi connectivity index (χ0n) is 11.5. The lowest BCUT2D eigenvalue weighted by atomic mass is 9.92. The second kappa shape index (κ2) is 5.87. The van der Waals surface area contributed by atoms with Crippen LogP contribution < -0.4 is 15.8 Å². The minimum absolute atomic E-state index is 0.0414. The summed E-state index contributed by atoms with van der Waals surface area (Å²) in [6.07, 6.45) is 0. The van der Waals surface area contributed by atoms with Crippen LogP contribution in [0.2, 0.25) is 0 Å². The highest BCUT2D eigenvalue weighted by atomic mass is 16.5. The van der Waals surface area contributed by atoms with Crippen LogP contribution in [0.1, 0.15) is 32.4 Å². The molecule has 0 aliphatic rings. The van der Waals surface area contributed by atoms with E-state index in [2.05, 4.69) is 5.32 Å². The Balaban J connectivity index is 2.76. The molecule has 1 aromatic carbocycles. The summed E-state index contributed by atoms with van der Waals surface area (Å²) in [7, 11) is 1.62. The molecule has 4 heteroatoms. The van der Waals surface area contributed by atoms with E-state index in [0.717, 1.165) is 11.3 Å². The third-order valence-corrected chi connectivity index (χ3v) is 3.07. The van der Waals surface area contributed by atoms with Gasteiger partial charge in [-0.3, -0.25) is 4.79 Å². The van der Waals surface area contributed by atoms with E-state index in [9.17, 15) is 4.79 Å². The van der Waals surface area contributed by atoms with Gasteiger partial charge in [0.15, 0.2) is 0 Å². The third-order valence-electron chi connectivity index (χ3n) is 3.07. The van der Waals surface area contributed by atoms with Gasteiger partial charge in [0.2, 0.25) is 5.91 Å². The summed E-state index contributed by atoms with van der Waals surface area (Å²) < 4.78 is 5.17. The second-order valence-corrected chi connectivity index (χ2v) is 5.06. The Morgan fingerprint density at radius 3 is 2.72 bits per heavy atom. The van der Waals surface area contributed by atoms with Gasteiger partial charge in [0, 0.05) is 6.54 Å². The van der Waals surface area contributed by atoms with Crippen molar-refractivity contribution in [3.63, 3.8) is 0 Å². The van der Waals surface area contributed by atoms with E-state index in [1.165, 1.54) is 0 Å². The van der Waals surface area contributed by atoms with Crippen molar-refractivity contribution in [1.82, 2.24) is 5.32 Å². The average molecular weight is 250 g/mol. The molecule has 0 aliphatic heterocycles. The Hall–Kier alpha value is -1.55. The molecule has 0 aliphatic carbocycles.